The number of rotatable bonds is 7. The van der Waals surface area contributed by atoms with Crippen LogP contribution in [0.1, 0.15) is 28.4 Å². The van der Waals surface area contributed by atoms with Gasteiger partial charge in [-0.25, -0.2) is 9.97 Å². The number of alkyl halides is 3. The number of benzene rings is 2. The molecule has 0 bridgehead atoms. The maximum Gasteiger partial charge on any atom is 0.416 e. The number of hydrogen-bond donors (Lipinski definition) is 1. The van der Waals surface area contributed by atoms with Crippen LogP contribution in [0.25, 0.3) is 21.7 Å². The van der Waals surface area contributed by atoms with Crippen molar-refractivity contribution in [2.45, 2.75) is 32.5 Å². The second-order valence-corrected chi connectivity index (χ2v) is 8.11. The monoisotopic (exact) mass is 462 g/mol. The van der Waals surface area contributed by atoms with E-state index < -0.39 is 17.7 Å². The number of aromatic nitrogens is 2. The number of carboxylic acids is 1. The molecule has 0 unspecified atom stereocenters. The third kappa shape index (κ3) is 4.91. The summed E-state index contributed by atoms with van der Waals surface area (Å²) in [5.41, 5.74) is 1.75. The summed E-state index contributed by atoms with van der Waals surface area (Å²) < 4.78 is 49.6. The molecular formula is C22H17F3N2O4S. The molecule has 0 saturated carbocycles. The average Bonchev–Trinajstić information content (AvgIpc) is 3.32. The van der Waals surface area contributed by atoms with Crippen LogP contribution < -0.4 is 4.74 Å². The Labute approximate surface area is 184 Å². The number of hydrogen-bond acceptors (Lipinski definition) is 6. The molecule has 6 nitrogen and oxygen atoms in total. The van der Waals surface area contributed by atoms with Crippen molar-refractivity contribution in [3.8, 4) is 16.3 Å². The number of oxazole rings is 1. The van der Waals surface area contributed by atoms with Gasteiger partial charge in [0.05, 0.1) is 22.6 Å². The van der Waals surface area contributed by atoms with Gasteiger partial charge in [-0.1, -0.05) is 12.1 Å². The molecule has 2 aromatic heterocycles. The number of aryl methyl sites for hydroxylation is 2. The van der Waals surface area contributed by atoms with Crippen molar-refractivity contribution in [3.05, 3.63) is 64.5 Å². The summed E-state index contributed by atoms with van der Waals surface area (Å²) in [4.78, 5) is 20.3. The number of carboxylic acid groups (broad SMARTS) is 1. The Morgan fingerprint density at radius 1 is 1.16 bits per heavy atom. The van der Waals surface area contributed by atoms with Gasteiger partial charge in [-0.2, -0.15) is 13.2 Å². The fourth-order valence-corrected chi connectivity index (χ4v) is 3.98. The lowest BCUT2D eigenvalue weighted by atomic mass is 10.1. The summed E-state index contributed by atoms with van der Waals surface area (Å²) >= 11 is 1.36. The Morgan fingerprint density at radius 3 is 2.59 bits per heavy atom. The van der Waals surface area contributed by atoms with E-state index in [4.69, 9.17) is 14.3 Å². The largest absolute Gasteiger partial charge is 0.488 e. The van der Waals surface area contributed by atoms with Crippen molar-refractivity contribution in [2.75, 3.05) is 0 Å². The summed E-state index contributed by atoms with van der Waals surface area (Å²) in [6, 6.07) is 10.0. The highest BCUT2D eigenvalue weighted by atomic mass is 32.1. The number of ether oxygens (including phenoxy) is 1. The van der Waals surface area contributed by atoms with Crippen molar-refractivity contribution in [1.82, 2.24) is 9.97 Å². The summed E-state index contributed by atoms with van der Waals surface area (Å²) in [5, 5.41) is 9.39. The van der Waals surface area contributed by atoms with Crippen LogP contribution in [0.3, 0.4) is 0 Å². The third-order valence-electron chi connectivity index (χ3n) is 4.68. The van der Waals surface area contributed by atoms with Gasteiger partial charge in [0.15, 0.2) is 11.5 Å². The fraction of sp³-hybridized carbons (Fsp3) is 0.227. The van der Waals surface area contributed by atoms with Gasteiger partial charge in [-0.3, -0.25) is 4.79 Å². The van der Waals surface area contributed by atoms with Gasteiger partial charge >= 0.3 is 12.1 Å². The predicted molar refractivity (Wildman–Crippen MR) is 112 cm³/mol. The Balaban J connectivity index is 1.45. The van der Waals surface area contributed by atoms with E-state index in [1.54, 1.807) is 18.2 Å². The maximum atomic E-state index is 12.8. The van der Waals surface area contributed by atoms with Crippen LogP contribution in [0.15, 0.2) is 46.9 Å². The molecule has 0 atom stereocenters. The van der Waals surface area contributed by atoms with Crippen LogP contribution in [0, 0.1) is 6.92 Å². The number of carbonyl (C=O) groups is 1. The van der Waals surface area contributed by atoms with Gasteiger partial charge < -0.3 is 14.3 Å². The zero-order chi connectivity index (χ0) is 22.9. The van der Waals surface area contributed by atoms with E-state index in [1.165, 1.54) is 23.5 Å². The van der Waals surface area contributed by atoms with E-state index in [9.17, 15) is 18.0 Å². The first-order valence-electron chi connectivity index (χ1n) is 9.57. The highest BCUT2D eigenvalue weighted by Gasteiger charge is 2.30. The van der Waals surface area contributed by atoms with Crippen LogP contribution >= 0.6 is 11.3 Å². The Hall–Kier alpha value is -3.40. The molecule has 0 aliphatic rings. The highest BCUT2D eigenvalue weighted by Crippen LogP contribution is 2.33. The predicted octanol–water partition coefficient (Wildman–Crippen LogP) is 5.87. The first-order chi connectivity index (χ1) is 15.2. The van der Waals surface area contributed by atoms with E-state index in [0.717, 1.165) is 22.7 Å². The topological polar surface area (TPSA) is 85.5 Å². The van der Waals surface area contributed by atoms with Gasteiger partial charge in [0.1, 0.15) is 22.9 Å². The van der Waals surface area contributed by atoms with E-state index in [2.05, 4.69) is 9.97 Å². The summed E-state index contributed by atoms with van der Waals surface area (Å²) in [5.74, 6) is -0.0228. The van der Waals surface area contributed by atoms with E-state index in [1.807, 2.05) is 6.92 Å². The average molecular weight is 462 g/mol. The molecule has 0 aliphatic carbocycles. The molecular weight excluding hydrogens is 445 g/mol. The summed E-state index contributed by atoms with van der Waals surface area (Å²) in [6.45, 7) is 2.05. The molecule has 166 valence electrons. The Morgan fingerprint density at radius 2 is 1.91 bits per heavy atom. The van der Waals surface area contributed by atoms with E-state index in [-0.39, 0.29) is 19.4 Å². The minimum atomic E-state index is -4.38. The second kappa shape index (κ2) is 8.62. The molecule has 4 aromatic rings. The van der Waals surface area contributed by atoms with Gasteiger partial charge in [0, 0.05) is 18.1 Å². The summed E-state index contributed by atoms with van der Waals surface area (Å²) in [7, 11) is 0. The highest BCUT2D eigenvalue weighted by molar-refractivity contribution is 7.15. The lowest BCUT2D eigenvalue weighted by Gasteiger charge is -2.06. The molecule has 4 rings (SSSR count). The van der Waals surface area contributed by atoms with Crippen molar-refractivity contribution in [2.24, 2.45) is 0 Å². The molecule has 0 aliphatic heterocycles. The first kappa shape index (κ1) is 21.8. The number of halogens is 3. The normalized spacial score (nSPS) is 11.8. The lowest BCUT2D eigenvalue weighted by Crippen LogP contribution is -2.03. The Bertz CT molecular complexity index is 1260. The molecule has 0 saturated heterocycles. The Kier molecular flexibility index (Phi) is 5.88. The first-order valence-corrected chi connectivity index (χ1v) is 10.4. The fourth-order valence-electron chi connectivity index (χ4n) is 3.00. The second-order valence-electron chi connectivity index (χ2n) is 7.02. The number of aliphatic carboxylic acids is 1. The molecule has 2 aromatic carbocycles. The minimum Gasteiger partial charge on any atom is -0.488 e. The zero-order valence-corrected chi connectivity index (χ0v) is 17.6. The molecule has 32 heavy (non-hydrogen) atoms. The quantitative estimate of drug-likeness (QED) is 0.369. The third-order valence-corrected chi connectivity index (χ3v) is 5.86. The molecule has 0 radical (unpaired) electrons. The molecule has 1 N–H and O–H groups in total. The molecule has 10 heteroatoms. The van der Waals surface area contributed by atoms with Crippen LogP contribution in [-0.4, -0.2) is 21.0 Å². The minimum absolute atomic E-state index is 0.0674. The van der Waals surface area contributed by atoms with Crippen LogP contribution in [0.5, 0.6) is 5.75 Å². The van der Waals surface area contributed by atoms with Crippen molar-refractivity contribution in [1.29, 1.82) is 0 Å². The maximum absolute atomic E-state index is 12.8. The SMILES string of the molecule is Cc1nc(-c2ccc(C(F)(F)F)cc2)sc1COc1ccc2oc(CCC(=O)O)nc2c1. The number of nitrogens with zero attached hydrogens (tertiary/aromatic N) is 2. The number of thiazole rings is 1. The summed E-state index contributed by atoms with van der Waals surface area (Å²) in [6.07, 6.45) is -4.24. The van der Waals surface area contributed by atoms with Crippen molar-refractivity contribution < 1.29 is 32.2 Å². The zero-order valence-electron chi connectivity index (χ0n) is 16.8. The van der Waals surface area contributed by atoms with E-state index >= 15 is 0 Å². The van der Waals surface area contributed by atoms with Crippen LogP contribution in [-0.2, 0) is 24.0 Å². The van der Waals surface area contributed by atoms with Gasteiger partial charge in [-0.15, -0.1) is 11.3 Å². The van der Waals surface area contributed by atoms with E-state index in [0.29, 0.717) is 33.3 Å². The molecule has 0 spiro atoms. The molecule has 0 fully saturated rings. The van der Waals surface area contributed by atoms with Gasteiger partial charge in [0.25, 0.3) is 0 Å². The number of fused-ring (bicyclic) bond motifs is 1. The van der Waals surface area contributed by atoms with Crippen LogP contribution in [0.4, 0.5) is 13.2 Å². The molecule has 0 amide bonds. The van der Waals surface area contributed by atoms with Gasteiger partial charge in [-0.05, 0) is 31.2 Å². The van der Waals surface area contributed by atoms with Crippen molar-refractivity contribution in [3.63, 3.8) is 0 Å². The lowest BCUT2D eigenvalue weighted by molar-refractivity contribution is -0.138. The smallest absolute Gasteiger partial charge is 0.416 e. The van der Waals surface area contributed by atoms with Crippen molar-refractivity contribution >= 4 is 28.4 Å². The van der Waals surface area contributed by atoms with Crippen LogP contribution in [0.2, 0.25) is 0 Å². The van der Waals surface area contributed by atoms with Gasteiger partial charge in [0.2, 0.25) is 0 Å². The standard InChI is InChI=1S/C22H17F3N2O4S/c1-12-18(32-21(26-12)13-2-4-14(5-3-13)22(23,24)25)11-30-15-6-7-17-16(10-15)27-19(31-17)8-9-20(28)29/h2-7,10H,8-9,11H2,1H3,(H,28,29). The molecule has 2 heterocycles.